The number of aromatic nitrogens is 3. The molecule has 0 amide bonds. The largest absolute Gasteiger partial charge is 0.339 e. The molecule has 2 heterocycles. The molecular weight excluding hydrogens is 198 g/mol. The third-order valence-electron chi connectivity index (χ3n) is 2.05. The van der Waals surface area contributed by atoms with E-state index in [2.05, 4.69) is 35.7 Å². The Bertz CT molecular complexity index is 468. The number of fused-ring (bicyclic) bond motifs is 1. The molecule has 14 heavy (non-hydrogen) atoms. The summed E-state index contributed by atoms with van der Waals surface area (Å²) < 4.78 is 0. The number of hydrogen-bond acceptors (Lipinski definition) is 2. The van der Waals surface area contributed by atoms with Crippen LogP contribution in [0.4, 0.5) is 0 Å². The Balaban J connectivity index is 2.69. The van der Waals surface area contributed by atoms with Gasteiger partial charge in [-0.25, -0.2) is 9.97 Å². The Morgan fingerprint density at radius 1 is 1.36 bits per heavy atom. The molecule has 4 heteroatoms. The molecule has 0 aliphatic rings. The second-order valence-corrected chi connectivity index (χ2v) is 4.73. The third-order valence-corrected chi connectivity index (χ3v) is 2.37. The maximum atomic E-state index is 6.01. The summed E-state index contributed by atoms with van der Waals surface area (Å²) in [5.74, 6) is 0.910. The van der Waals surface area contributed by atoms with Gasteiger partial charge in [-0.2, -0.15) is 0 Å². The molecule has 0 radical (unpaired) electrons. The molecule has 0 spiro atoms. The smallest absolute Gasteiger partial charge is 0.179 e. The number of rotatable bonds is 0. The molecule has 1 N–H and O–H groups in total. The Hall–Kier alpha value is -1.09. The first kappa shape index (κ1) is 9.46. The van der Waals surface area contributed by atoms with E-state index < -0.39 is 0 Å². The van der Waals surface area contributed by atoms with Crippen molar-refractivity contribution in [2.75, 3.05) is 0 Å². The quantitative estimate of drug-likeness (QED) is 0.725. The van der Waals surface area contributed by atoms with Crippen molar-refractivity contribution in [3.05, 3.63) is 23.1 Å². The molecule has 0 unspecified atom stereocenters. The lowest BCUT2D eigenvalue weighted by Crippen LogP contribution is -2.13. The van der Waals surface area contributed by atoms with Crippen molar-refractivity contribution in [1.29, 1.82) is 0 Å². The van der Waals surface area contributed by atoms with E-state index >= 15 is 0 Å². The summed E-state index contributed by atoms with van der Waals surface area (Å²) in [4.78, 5) is 11.7. The number of aromatic amines is 1. The van der Waals surface area contributed by atoms with Crippen molar-refractivity contribution in [2.24, 2.45) is 0 Å². The number of hydrogen-bond donors (Lipinski definition) is 1. The topological polar surface area (TPSA) is 41.6 Å². The van der Waals surface area contributed by atoms with Crippen LogP contribution in [0.3, 0.4) is 0 Å². The van der Waals surface area contributed by atoms with Crippen LogP contribution in [-0.4, -0.2) is 15.0 Å². The molecule has 0 saturated heterocycles. The van der Waals surface area contributed by atoms with E-state index in [0.29, 0.717) is 10.7 Å². The number of nitrogens with one attached hydrogen (secondary N) is 1. The summed E-state index contributed by atoms with van der Waals surface area (Å²) in [6.07, 6.45) is 1.66. The second-order valence-electron chi connectivity index (χ2n) is 4.33. The van der Waals surface area contributed by atoms with Crippen molar-refractivity contribution < 1.29 is 0 Å². The highest BCUT2D eigenvalue weighted by Crippen LogP contribution is 2.24. The molecule has 0 bridgehead atoms. The van der Waals surface area contributed by atoms with Crippen molar-refractivity contribution >= 4 is 22.8 Å². The van der Waals surface area contributed by atoms with Gasteiger partial charge in [0.05, 0.1) is 5.02 Å². The number of imidazole rings is 1. The van der Waals surface area contributed by atoms with Gasteiger partial charge < -0.3 is 4.98 Å². The lowest BCUT2D eigenvalue weighted by atomic mass is 9.96. The first-order chi connectivity index (χ1) is 6.48. The van der Waals surface area contributed by atoms with Gasteiger partial charge in [-0.1, -0.05) is 32.4 Å². The van der Waals surface area contributed by atoms with E-state index in [1.54, 1.807) is 12.3 Å². The summed E-state index contributed by atoms with van der Waals surface area (Å²) in [7, 11) is 0. The van der Waals surface area contributed by atoms with Gasteiger partial charge in [-0.3, -0.25) is 0 Å². The molecule has 0 aliphatic carbocycles. The van der Waals surface area contributed by atoms with Crippen LogP contribution in [0, 0.1) is 0 Å². The molecule has 2 aromatic rings. The van der Waals surface area contributed by atoms with Crippen molar-refractivity contribution in [1.82, 2.24) is 15.0 Å². The predicted octanol–water partition coefficient (Wildman–Crippen LogP) is 2.91. The molecule has 0 aliphatic heterocycles. The van der Waals surface area contributed by atoms with Gasteiger partial charge >= 0.3 is 0 Å². The van der Waals surface area contributed by atoms with Gasteiger partial charge in [-0.15, -0.1) is 0 Å². The number of pyridine rings is 1. The van der Waals surface area contributed by atoms with Crippen molar-refractivity contribution in [3.63, 3.8) is 0 Å². The number of halogens is 1. The zero-order valence-electron chi connectivity index (χ0n) is 8.43. The van der Waals surface area contributed by atoms with E-state index in [1.807, 2.05) is 0 Å². The van der Waals surface area contributed by atoms with E-state index in [1.165, 1.54) is 0 Å². The van der Waals surface area contributed by atoms with Crippen LogP contribution in [-0.2, 0) is 5.41 Å². The highest BCUT2D eigenvalue weighted by molar-refractivity contribution is 6.34. The molecule has 0 atom stereocenters. The third kappa shape index (κ3) is 1.48. The second kappa shape index (κ2) is 2.95. The summed E-state index contributed by atoms with van der Waals surface area (Å²) >= 11 is 6.01. The SMILES string of the molecule is CC(C)(C)c1nc2nccc(Cl)c2[nH]1. The summed E-state index contributed by atoms with van der Waals surface area (Å²) in [5, 5.41) is 0.665. The fraction of sp³-hybridized carbons (Fsp3) is 0.400. The monoisotopic (exact) mass is 209 g/mol. The Morgan fingerprint density at radius 3 is 2.64 bits per heavy atom. The van der Waals surface area contributed by atoms with Crippen LogP contribution in [0.25, 0.3) is 11.2 Å². The zero-order chi connectivity index (χ0) is 10.3. The van der Waals surface area contributed by atoms with Gasteiger partial charge in [0.25, 0.3) is 0 Å². The first-order valence-corrected chi connectivity index (χ1v) is 4.87. The lowest BCUT2D eigenvalue weighted by Gasteiger charge is -2.13. The first-order valence-electron chi connectivity index (χ1n) is 4.49. The molecule has 2 aromatic heterocycles. The van der Waals surface area contributed by atoms with Crippen LogP contribution >= 0.6 is 11.6 Å². The van der Waals surface area contributed by atoms with Gasteiger partial charge in [-0.05, 0) is 6.07 Å². The van der Waals surface area contributed by atoms with Crippen LogP contribution in [0.2, 0.25) is 5.02 Å². The standard InChI is InChI=1S/C10H12ClN3/c1-10(2,3)9-13-7-6(11)4-5-12-8(7)14-9/h4-5H,1-3H3,(H,12,13,14). The van der Waals surface area contributed by atoms with Crippen LogP contribution < -0.4 is 0 Å². The van der Waals surface area contributed by atoms with Gasteiger partial charge in [0.15, 0.2) is 5.65 Å². The highest BCUT2D eigenvalue weighted by Gasteiger charge is 2.19. The van der Waals surface area contributed by atoms with E-state index in [0.717, 1.165) is 11.3 Å². The molecule has 0 saturated carbocycles. The maximum absolute atomic E-state index is 6.01. The van der Waals surface area contributed by atoms with E-state index in [9.17, 15) is 0 Å². The van der Waals surface area contributed by atoms with Crippen LogP contribution in [0.1, 0.15) is 26.6 Å². The Labute approximate surface area is 87.5 Å². The average Bonchev–Trinajstić information content (AvgIpc) is 2.48. The molecule has 0 fully saturated rings. The number of nitrogens with zero attached hydrogens (tertiary/aromatic N) is 2. The molecule has 3 nitrogen and oxygen atoms in total. The fourth-order valence-electron chi connectivity index (χ4n) is 1.24. The van der Waals surface area contributed by atoms with Gasteiger partial charge in [0, 0.05) is 11.6 Å². The van der Waals surface area contributed by atoms with Crippen LogP contribution in [0.5, 0.6) is 0 Å². The Morgan fingerprint density at radius 2 is 2.07 bits per heavy atom. The molecule has 0 aromatic carbocycles. The average molecular weight is 210 g/mol. The van der Waals surface area contributed by atoms with Crippen molar-refractivity contribution in [2.45, 2.75) is 26.2 Å². The minimum Gasteiger partial charge on any atom is -0.339 e. The predicted molar refractivity (Wildman–Crippen MR) is 57.6 cm³/mol. The number of H-pyrrole nitrogens is 1. The minimum absolute atomic E-state index is 0.00989. The van der Waals surface area contributed by atoms with Gasteiger partial charge in [0.1, 0.15) is 11.3 Å². The minimum atomic E-state index is -0.00989. The normalized spacial score (nSPS) is 12.3. The van der Waals surface area contributed by atoms with E-state index in [-0.39, 0.29) is 5.41 Å². The maximum Gasteiger partial charge on any atom is 0.179 e. The van der Waals surface area contributed by atoms with Crippen LogP contribution in [0.15, 0.2) is 12.3 Å². The summed E-state index contributed by atoms with van der Waals surface area (Å²) in [6, 6.07) is 1.76. The molecular formula is C10H12ClN3. The lowest BCUT2D eigenvalue weighted by molar-refractivity contribution is 0.554. The Kier molecular flexibility index (Phi) is 2.00. The fourth-order valence-corrected chi connectivity index (χ4v) is 1.42. The summed E-state index contributed by atoms with van der Waals surface area (Å²) in [5.41, 5.74) is 1.49. The molecule has 74 valence electrons. The van der Waals surface area contributed by atoms with Gasteiger partial charge in [0.2, 0.25) is 0 Å². The summed E-state index contributed by atoms with van der Waals surface area (Å²) in [6.45, 7) is 6.29. The van der Waals surface area contributed by atoms with Crippen molar-refractivity contribution in [3.8, 4) is 0 Å². The molecule has 2 rings (SSSR count). The highest BCUT2D eigenvalue weighted by atomic mass is 35.5. The van der Waals surface area contributed by atoms with E-state index in [4.69, 9.17) is 11.6 Å². The zero-order valence-corrected chi connectivity index (χ0v) is 9.18.